The molecule has 0 bridgehead atoms. The van der Waals surface area contributed by atoms with Crippen molar-refractivity contribution in [1.29, 1.82) is 0 Å². The van der Waals surface area contributed by atoms with Crippen LogP contribution >= 0.6 is 0 Å². The molecule has 0 saturated carbocycles. The van der Waals surface area contributed by atoms with Crippen LogP contribution in [0.2, 0.25) is 0 Å². The Morgan fingerprint density at radius 2 is 2.19 bits per heavy atom. The zero-order valence-electron chi connectivity index (χ0n) is 8.94. The van der Waals surface area contributed by atoms with Gasteiger partial charge in [0, 0.05) is 18.8 Å². The number of benzene rings is 1. The number of hydrogen-bond donors (Lipinski definition) is 2. The van der Waals surface area contributed by atoms with Crippen molar-refractivity contribution in [2.45, 2.75) is 17.7 Å². The number of sulfone groups is 1. The molecular formula is C11H15NO3S. The van der Waals surface area contributed by atoms with E-state index in [1.807, 2.05) is 6.07 Å². The molecule has 5 heteroatoms. The predicted octanol–water partition coefficient (Wildman–Crippen LogP) is 0.811. The molecular weight excluding hydrogens is 226 g/mol. The summed E-state index contributed by atoms with van der Waals surface area (Å²) in [6.45, 7) is 0.779. The van der Waals surface area contributed by atoms with Crippen LogP contribution in [0.5, 0.6) is 0 Å². The first-order valence-electron chi connectivity index (χ1n) is 5.34. The summed E-state index contributed by atoms with van der Waals surface area (Å²) in [5.74, 6) is 0.00964. The van der Waals surface area contributed by atoms with Gasteiger partial charge in [0.15, 0.2) is 9.84 Å². The molecule has 1 aromatic rings. The molecule has 0 unspecified atom stereocenters. The van der Waals surface area contributed by atoms with E-state index in [9.17, 15) is 8.42 Å². The van der Waals surface area contributed by atoms with Crippen LogP contribution in [0.1, 0.15) is 12.0 Å². The molecule has 0 fully saturated rings. The molecule has 1 aromatic carbocycles. The number of rotatable bonds is 4. The van der Waals surface area contributed by atoms with Crippen LogP contribution in [0.4, 0.5) is 5.69 Å². The first kappa shape index (κ1) is 11.4. The average molecular weight is 241 g/mol. The highest BCUT2D eigenvalue weighted by Crippen LogP contribution is 2.25. The lowest BCUT2D eigenvalue weighted by molar-refractivity contribution is 0.295. The third-order valence-electron chi connectivity index (χ3n) is 2.72. The fourth-order valence-electron chi connectivity index (χ4n) is 1.85. The van der Waals surface area contributed by atoms with Gasteiger partial charge in [-0.25, -0.2) is 8.42 Å². The maximum atomic E-state index is 11.9. The van der Waals surface area contributed by atoms with Crippen LogP contribution in [0.15, 0.2) is 23.1 Å². The molecule has 0 atom stereocenters. The van der Waals surface area contributed by atoms with Crippen molar-refractivity contribution >= 4 is 15.5 Å². The summed E-state index contributed by atoms with van der Waals surface area (Å²) in [4.78, 5) is 0.364. The third kappa shape index (κ3) is 2.20. The monoisotopic (exact) mass is 241 g/mol. The summed E-state index contributed by atoms with van der Waals surface area (Å²) >= 11 is 0. The minimum Gasteiger partial charge on any atom is -0.396 e. The molecule has 2 rings (SSSR count). The molecule has 16 heavy (non-hydrogen) atoms. The minimum absolute atomic E-state index is 0.00964. The lowest BCUT2D eigenvalue weighted by atomic mass is 10.2. The number of anilines is 1. The van der Waals surface area contributed by atoms with E-state index in [-0.39, 0.29) is 18.8 Å². The molecule has 1 aliphatic rings. The molecule has 0 spiro atoms. The molecule has 0 aromatic heterocycles. The number of nitrogens with one attached hydrogen (secondary N) is 1. The van der Waals surface area contributed by atoms with E-state index in [4.69, 9.17) is 5.11 Å². The van der Waals surface area contributed by atoms with E-state index in [2.05, 4.69) is 5.32 Å². The molecule has 0 radical (unpaired) electrons. The second-order valence-electron chi connectivity index (χ2n) is 3.89. The number of hydrogen-bond acceptors (Lipinski definition) is 4. The highest BCUT2D eigenvalue weighted by molar-refractivity contribution is 7.91. The zero-order valence-corrected chi connectivity index (χ0v) is 9.76. The van der Waals surface area contributed by atoms with Crippen molar-refractivity contribution in [3.8, 4) is 0 Å². The third-order valence-corrected chi connectivity index (χ3v) is 4.52. The van der Waals surface area contributed by atoms with Gasteiger partial charge in [-0.05, 0) is 36.6 Å². The molecule has 88 valence electrons. The fraction of sp³-hybridized carbons (Fsp3) is 0.455. The van der Waals surface area contributed by atoms with Crippen molar-refractivity contribution in [2.75, 3.05) is 24.2 Å². The van der Waals surface area contributed by atoms with Gasteiger partial charge in [0.05, 0.1) is 10.6 Å². The largest absolute Gasteiger partial charge is 0.396 e. The number of fused-ring (bicyclic) bond motifs is 1. The predicted molar refractivity (Wildman–Crippen MR) is 62.4 cm³/mol. The minimum atomic E-state index is -3.23. The van der Waals surface area contributed by atoms with Gasteiger partial charge in [-0.2, -0.15) is 0 Å². The molecule has 1 heterocycles. The van der Waals surface area contributed by atoms with Crippen LogP contribution in [-0.2, 0) is 16.3 Å². The first-order chi connectivity index (χ1) is 7.63. The molecule has 0 aliphatic carbocycles. The molecule has 4 nitrogen and oxygen atoms in total. The summed E-state index contributed by atoms with van der Waals surface area (Å²) in [7, 11) is -3.23. The van der Waals surface area contributed by atoms with E-state index in [1.54, 1.807) is 12.1 Å². The highest BCUT2D eigenvalue weighted by Gasteiger charge is 2.17. The SMILES string of the molecule is O=S(=O)(CCCO)c1ccc2c(c1)CCN2. The normalized spacial score (nSPS) is 14.6. The van der Waals surface area contributed by atoms with Crippen molar-refractivity contribution in [3.63, 3.8) is 0 Å². The lowest BCUT2D eigenvalue weighted by Crippen LogP contribution is -2.08. The zero-order chi connectivity index (χ0) is 11.6. The number of aliphatic hydroxyl groups is 1. The van der Waals surface area contributed by atoms with Crippen LogP contribution in [-0.4, -0.2) is 32.4 Å². The van der Waals surface area contributed by atoms with Gasteiger partial charge in [-0.3, -0.25) is 0 Å². The first-order valence-corrected chi connectivity index (χ1v) is 6.99. The Balaban J connectivity index is 2.27. The van der Waals surface area contributed by atoms with Gasteiger partial charge in [0.2, 0.25) is 0 Å². The summed E-state index contributed by atoms with van der Waals surface area (Å²) in [6, 6.07) is 5.18. The van der Waals surface area contributed by atoms with Gasteiger partial charge in [0.1, 0.15) is 0 Å². The summed E-state index contributed by atoms with van der Waals surface area (Å²) < 4.78 is 23.7. The summed E-state index contributed by atoms with van der Waals surface area (Å²) in [6.07, 6.45) is 1.16. The fourth-order valence-corrected chi connectivity index (χ4v) is 3.19. The molecule has 0 saturated heterocycles. The summed E-state index contributed by atoms with van der Waals surface area (Å²) in [5.41, 5.74) is 2.09. The van der Waals surface area contributed by atoms with Crippen LogP contribution in [0, 0.1) is 0 Å². The van der Waals surface area contributed by atoms with E-state index in [0.717, 1.165) is 24.2 Å². The molecule has 1 aliphatic heterocycles. The second-order valence-corrected chi connectivity index (χ2v) is 6.00. The van der Waals surface area contributed by atoms with E-state index >= 15 is 0 Å². The Labute approximate surface area is 95.2 Å². The van der Waals surface area contributed by atoms with E-state index < -0.39 is 9.84 Å². The number of aliphatic hydroxyl groups excluding tert-OH is 1. The highest BCUT2D eigenvalue weighted by atomic mass is 32.2. The smallest absolute Gasteiger partial charge is 0.178 e. The maximum absolute atomic E-state index is 11.9. The van der Waals surface area contributed by atoms with Crippen LogP contribution in [0.25, 0.3) is 0 Å². The Kier molecular flexibility index (Phi) is 3.16. The quantitative estimate of drug-likeness (QED) is 0.818. The molecule has 0 amide bonds. The van der Waals surface area contributed by atoms with Gasteiger partial charge in [-0.1, -0.05) is 0 Å². The van der Waals surface area contributed by atoms with E-state index in [0.29, 0.717) is 4.90 Å². The second kappa shape index (κ2) is 4.43. The van der Waals surface area contributed by atoms with Crippen molar-refractivity contribution < 1.29 is 13.5 Å². The van der Waals surface area contributed by atoms with E-state index in [1.165, 1.54) is 0 Å². The Hall–Kier alpha value is -1.07. The maximum Gasteiger partial charge on any atom is 0.178 e. The lowest BCUT2D eigenvalue weighted by Gasteiger charge is -2.05. The van der Waals surface area contributed by atoms with Crippen molar-refractivity contribution in [2.24, 2.45) is 0 Å². The van der Waals surface area contributed by atoms with Crippen LogP contribution in [0.3, 0.4) is 0 Å². The van der Waals surface area contributed by atoms with Crippen molar-refractivity contribution in [1.82, 2.24) is 0 Å². The molecule has 2 N–H and O–H groups in total. The Bertz CT molecular complexity index is 482. The van der Waals surface area contributed by atoms with Gasteiger partial charge < -0.3 is 10.4 Å². The average Bonchev–Trinajstić information content (AvgIpc) is 2.73. The Morgan fingerprint density at radius 3 is 2.94 bits per heavy atom. The van der Waals surface area contributed by atoms with Crippen LogP contribution < -0.4 is 5.32 Å². The topological polar surface area (TPSA) is 66.4 Å². The Morgan fingerprint density at radius 1 is 1.38 bits per heavy atom. The van der Waals surface area contributed by atoms with Gasteiger partial charge in [-0.15, -0.1) is 0 Å². The standard InChI is InChI=1S/C11H15NO3S/c13-6-1-7-16(14,15)10-2-3-11-9(8-10)4-5-12-11/h2-3,8,12-13H,1,4-7H2. The van der Waals surface area contributed by atoms with Gasteiger partial charge in [0.25, 0.3) is 0 Å². The van der Waals surface area contributed by atoms with Crippen molar-refractivity contribution in [3.05, 3.63) is 23.8 Å². The van der Waals surface area contributed by atoms with Gasteiger partial charge >= 0.3 is 0 Å². The summed E-state index contributed by atoms with van der Waals surface area (Å²) in [5, 5.41) is 11.8.